The van der Waals surface area contributed by atoms with Gasteiger partial charge in [-0.05, 0) is 35.9 Å². The SMILES string of the molecule is NC(=Nc1ccccc1-c1ccc(Cl)cc1)c1cccnc1Cl. The summed E-state index contributed by atoms with van der Waals surface area (Å²) in [6.45, 7) is 0. The highest BCUT2D eigenvalue weighted by Gasteiger charge is 2.08. The van der Waals surface area contributed by atoms with Gasteiger partial charge in [0.25, 0.3) is 0 Å². The Morgan fingerprint density at radius 1 is 0.913 bits per heavy atom. The highest BCUT2D eigenvalue weighted by molar-refractivity contribution is 6.33. The van der Waals surface area contributed by atoms with Gasteiger partial charge >= 0.3 is 0 Å². The fourth-order valence-electron chi connectivity index (χ4n) is 2.21. The Morgan fingerprint density at radius 2 is 1.65 bits per heavy atom. The van der Waals surface area contributed by atoms with E-state index in [9.17, 15) is 0 Å². The van der Waals surface area contributed by atoms with Crippen molar-refractivity contribution in [2.75, 3.05) is 0 Å². The lowest BCUT2D eigenvalue weighted by Gasteiger charge is -2.08. The quantitative estimate of drug-likeness (QED) is 0.409. The molecule has 114 valence electrons. The number of rotatable bonds is 3. The Kier molecular flexibility index (Phi) is 4.60. The third-order valence-corrected chi connectivity index (χ3v) is 3.89. The molecule has 0 bridgehead atoms. The first kappa shape index (κ1) is 15.5. The highest BCUT2D eigenvalue weighted by Crippen LogP contribution is 2.31. The summed E-state index contributed by atoms with van der Waals surface area (Å²) in [6, 6.07) is 18.9. The first-order chi connectivity index (χ1) is 11.1. The lowest BCUT2D eigenvalue weighted by atomic mass is 10.0. The molecule has 3 nitrogen and oxygen atoms in total. The first-order valence-corrected chi connectivity index (χ1v) is 7.71. The molecule has 0 saturated heterocycles. The zero-order valence-corrected chi connectivity index (χ0v) is 13.6. The van der Waals surface area contributed by atoms with Crippen LogP contribution in [0, 0.1) is 0 Å². The van der Waals surface area contributed by atoms with Crippen LogP contribution in [0.5, 0.6) is 0 Å². The summed E-state index contributed by atoms with van der Waals surface area (Å²) >= 11 is 12.0. The van der Waals surface area contributed by atoms with E-state index in [1.54, 1.807) is 18.3 Å². The Morgan fingerprint density at radius 3 is 2.39 bits per heavy atom. The van der Waals surface area contributed by atoms with Gasteiger partial charge in [-0.2, -0.15) is 0 Å². The molecule has 0 unspecified atom stereocenters. The van der Waals surface area contributed by atoms with Crippen molar-refractivity contribution in [3.05, 3.63) is 82.6 Å². The second kappa shape index (κ2) is 6.82. The largest absolute Gasteiger partial charge is 0.383 e. The molecule has 0 saturated carbocycles. The van der Waals surface area contributed by atoms with Crippen LogP contribution in [0.15, 0.2) is 71.9 Å². The minimum absolute atomic E-state index is 0.324. The second-order valence-corrected chi connectivity index (χ2v) is 5.66. The summed E-state index contributed by atoms with van der Waals surface area (Å²) in [7, 11) is 0. The maximum atomic E-state index is 6.10. The van der Waals surface area contributed by atoms with Gasteiger partial charge in [-0.25, -0.2) is 9.98 Å². The molecule has 2 aromatic carbocycles. The van der Waals surface area contributed by atoms with Gasteiger partial charge in [-0.3, -0.25) is 0 Å². The van der Waals surface area contributed by atoms with Gasteiger partial charge in [-0.1, -0.05) is 53.5 Å². The van der Waals surface area contributed by atoms with Crippen LogP contribution in [0.1, 0.15) is 5.56 Å². The van der Waals surface area contributed by atoms with Crippen molar-refractivity contribution in [3.63, 3.8) is 0 Å². The minimum Gasteiger partial charge on any atom is -0.383 e. The minimum atomic E-state index is 0.324. The average molecular weight is 342 g/mol. The molecule has 1 aromatic heterocycles. The van der Waals surface area contributed by atoms with Gasteiger partial charge in [0.15, 0.2) is 0 Å². The molecular formula is C18H13Cl2N3. The summed E-state index contributed by atoms with van der Waals surface area (Å²) in [5, 5.41) is 1.02. The van der Waals surface area contributed by atoms with Crippen molar-refractivity contribution in [1.82, 2.24) is 4.98 Å². The molecule has 0 aliphatic carbocycles. The number of hydrogen-bond donors (Lipinski definition) is 1. The van der Waals surface area contributed by atoms with Crippen LogP contribution in [0.4, 0.5) is 5.69 Å². The first-order valence-electron chi connectivity index (χ1n) is 6.95. The van der Waals surface area contributed by atoms with Gasteiger partial charge < -0.3 is 5.73 Å². The summed E-state index contributed by atoms with van der Waals surface area (Å²) < 4.78 is 0. The van der Waals surface area contributed by atoms with E-state index in [1.807, 2.05) is 48.5 Å². The maximum Gasteiger partial charge on any atom is 0.139 e. The van der Waals surface area contributed by atoms with E-state index in [1.165, 1.54) is 0 Å². The van der Waals surface area contributed by atoms with Crippen LogP contribution in [0.2, 0.25) is 10.2 Å². The normalized spacial score (nSPS) is 11.5. The smallest absolute Gasteiger partial charge is 0.139 e. The van der Waals surface area contributed by atoms with E-state index in [4.69, 9.17) is 28.9 Å². The molecule has 23 heavy (non-hydrogen) atoms. The summed E-state index contributed by atoms with van der Waals surface area (Å²) in [4.78, 5) is 8.55. The molecule has 5 heteroatoms. The molecule has 0 radical (unpaired) electrons. The number of amidine groups is 1. The number of aliphatic imine (C=N–C) groups is 1. The maximum absolute atomic E-state index is 6.10. The number of nitrogens with zero attached hydrogens (tertiary/aromatic N) is 2. The number of para-hydroxylation sites is 1. The Bertz CT molecular complexity index is 858. The molecular weight excluding hydrogens is 329 g/mol. The molecule has 1 heterocycles. The fourth-order valence-corrected chi connectivity index (χ4v) is 2.55. The second-order valence-electron chi connectivity index (χ2n) is 4.86. The van der Waals surface area contributed by atoms with Gasteiger partial charge in [0.1, 0.15) is 11.0 Å². The number of nitrogens with two attached hydrogens (primary N) is 1. The van der Waals surface area contributed by atoms with E-state index in [2.05, 4.69) is 9.98 Å². The topological polar surface area (TPSA) is 51.3 Å². The van der Waals surface area contributed by atoms with E-state index < -0.39 is 0 Å². The fraction of sp³-hybridized carbons (Fsp3) is 0. The summed E-state index contributed by atoms with van der Waals surface area (Å²) in [5.41, 5.74) is 9.45. The van der Waals surface area contributed by atoms with Crippen molar-refractivity contribution in [2.24, 2.45) is 10.7 Å². The molecule has 2 N–H and O–H groups in total. The lowest BCUT2D eigenvalue weighted by Crippen LogP contribution is -2.13. The Labute approximate surface area is 144 Å². The van der Waals surface area contributed by atoms with Crippen LogP contribution in [-0.4, -0.2) is 10.8 Å². The van der Waals surface area contributed by atoms with Crippen molar-refractivity contribution < 1.29 is 0 Å². The van der Waals surface area contributed by atoms with Crippen LogP contribution in [0.3, 0.4) is 0 Å². The van der Waals surface area contributed by atoms with Gasteiger partial charge in [0.05, 0.1) is 11.3 Å². The monoisotopic (exact) mass is 341 g/mol. The molecule has 0 amide bonds. The number of halogens is 2. The molecule has 0 fully saturated rings. The van der Waals surface area contributed by atoms with Crippen molar-refractivity contribution >= 4 is 34.7 Å². The Balaban J connectivity index is 2.06. The van der Waals surface area contributed by atoms with Gasteiger partial charge in [-0.15, -0.1) is 0 Å². The third-order valence-electron chi connectivity index (χ3n) is 3.34. The zero-order valence-electron chi connectivity index (χ0n) is 12.1. The van der Waals surface area contributed by atoms with Crippen LogP contribution < -0.4 is 5.73 Å². The third kappa shape index (κ3) is 3.52. The number of benzene rings is 2. The lowest BCUT2D eigenvalue weighted by molar-refractivity contribution is 1.30. The van der Waals surface area contributed by atoms with Gasteiger partial charge in [0, 0.05) is 16.8 Å². The van der Waals surface area contributed by atoms with Crippen LogP contribution in [-0.2, 0) is 0 Å². The molecule has 3 rings (SSSR count). The summed E-state index contributed by atoms with van der Waals surface area (Å²) in [6.07, 6.45) is 1.61. The Hall–Kier alpha value is -2.36. The van der Waals surface area contributed by atoms with Crippen LogP contribution in [0.25, 0.3) is 11.1 Å². The van der Waals surface area contributed by atoms with Gasteiger partial charge in [0.2, 0.25) is 0 Å². The standard InChI is InChI=1S/C18H13Cl2N3/c19-13-9-7-12(8-10-13)14-4-1-2-6-16(14)23-18(21)15-5-3-11-22-17(15)20/h1-11H,(H2,21,23). The van der Waals surface area contributed by atoms with Crippen molar-refractivity contribution in [1.29, 1.82) is 0 Å². The van der Waals surface area contributed by atoms with E-state index in [-0.39, 0.29) is 0 Å². The van der Waals surface area contributed by atoms with Crippen molar-refractivity contribution in [2.45, 2.75) is 0 Å². The van der Waals surface area contributed by atoms with Crippen molar-refractivity contribution in [3.8, 4) is 11.1 Å². The van der Waals surface area contributed by atoms with Crippen LogP contribution >= 0.6 is 23.2 Å². The highest BCUT2D eigenvalue weighted by atomic mass is 35.5. The molecule has 0 aliphatic heterocycles. The number of pyridine rings is 1. The molecule has 3 aromatic rings. The average Bonchev–Trinajstić information content (AvgIpc) is 2.56. The van der Waals surface area contributed by atoms with E-state index >= 15 is 0 Å². The predicted octanol–water partition coefficient (Wildman–Crippen LogP) is 5.09. The predicted molar refractivity (Wildman–Crippen MR) is 96.5 cm³/mol. The number of hydrogen-bond acceptors (Lipinski definition) is 2. The molecule has 0 spiro atoms. The molecule has 0 atom stereocenters. The van der Waals surface area contributed by atoms with E-state index in [0.29, 0.717) is 21.6 Å². The number of aromatic nitrogens is 1. The zero-order chi connectivity index (χ0) is 16.2. The van der Waals surface area contributed by atoms with E-state index in [0.717, 1.165) is 16.8 Å². The molecule has 0 aliphatic rings. The summed E-state index contributed by atoms with van der Waals surface area (Å²) in [5.74, 6) is 0.324.